The molecule has 1 atom stereocenters. The molecule has 0 radical (unpaired) electrons. The highest BCUT2D eigenvalue weighted by Gasteiger charge is 2.21. The smallest absolute Gasteiger partial charge is 0.139 e. The minimum Gasteiger partial charge on any atom is -0.396 e. The van der Waals surface area contributed by atoms with Crippen LogP contribution in [-0.2, 0) is 0 Å². The largest absolute Gasteiger partial charge is 0.396 e. The summed E-state index contributed by atoms with van der Waals surface area (Å²) >= 11 is 0. The number of benzene rings is 1. The van der Waals surface area contributed by atoms with Crippen molar-refractivity contribution in [3.05, 3.63) is 30.6 Å². The van der Waals surface area contributed by atoms with Crippen molar-refractivity contribution in [1.82, 2.24) is 9.97 Å². The van der Waals surface area contributed by atoms with E-state index in [4.69, 9.17) is 0 Å². The third-order valence-corrected chi connectivity index (χ3v) is 3.60. The number of piperidine rings is 1. The highest BCUT2D eigenvalue weighted by atomic mass is 16.3. The van der Waals surface area contributed by atoms with Crippen LogP contribution in [0.5, 0.6) is 0 Å². The Morgan fingerprint density at radius 3 is 3.06 bits per heavy atom. The first-order chi connectivity index (χ1) is 8.88. The van der Waals surface area contributed by atoms with Crippen LogP contribution in [0.25, 0.3) is 10.9 Å². The molecule has 2 heterocycles. The van der Waals surface area contributed by atoms with Gasteiger partial charge in [0, 0.05) is 25.1 Å². The van der Waals surface area contributed by atoms with E-state index in [1.54, 1.807) is 6.33 Å². The van der Waals surface area contributed by atoms with Crippen molar-refractivity contribution in [2.24, 2.45) is 5.92 Å². The van der Waals surface area contributed by atoms with E-state index in [0.717, 1.165) is 42.7 Å². The van der Waals surface area contributed by atoms with Gasteiger partial charge in [0.1, 0.15) is 12.1 Å². The molecule has 18 heavy (non-hydrogen) atoms. The first-order valence-corrected chi connectivity index (χ1v) is 6.44. The van der Waals surface area contributed by atoms with Crippen LogP contribution in [-0.4, -0.2) is 34.8 Å². The number of para-hydroxylation sites is 1. The standard InChI is InChI=1S/C14H17N3O/c18-9-11-4-3-7-17(8-11)14-12-5-1-2-6-13(12)15-10-16-14/h1-2,5-6,10-11,18H,3-4,7-9H2. The number of fused-ring (bicyclic) bond motifs is 1. The summed E-state index contributed by atoms with van der Waals surface area (Å²) in [6.07, 6.45) is 3.85. The van der Waals surface area contributed by atoms with E-state index in [2.05, 4.69) is 20.9 Å². The molecule has 0 bridgehead atoms. The van der Waals surface area contributed by atoms with E-state index in [1.807, 2.05) is 18.2 Å². The molecule has 1 aromatic heterocycles. The SMILES string of the molecule is OCC1CCCN(c2ncnc3ccccc23)C1. The molecule has 0 aliphatic carbocycles. The van der Waals surface area contributed by atoms with Gasteiger partial charge in [-0.3, -0.25) is 0 Å². The third-order valence-electron chi connectivity index (χ3n) is 3.60. The Morgan fingerprint density at radius 2 is 2.17 bits per heavy atom. The molecule has 2 aromatic rings. The Morgan fingerprint density at radius 1 is 1.28 bits per heavy atom. The molecule has 3 rings (SSSR count). The van der Waals surface area contributed by atoms with Gasteiger partial charge in [0.05, 0.1) is 5.52 Å². The number of nitrogens with zero attached hydrogens (tertiary/aromatic N) is 3. The Hall–Kier alpha value is -1.68. The van der Waals surface area contributed by atoms with Crippen LogP contribution >= 0.6 is 0 Å². The number of rotatable bonds is 2. The fourth-order valence-corrected chi connectivity index (χ4v) is 2.65. The van der Waals surface area contributed by atoms with Gasteiger partial charge in [-0.2, -0.15) is 0 Å². The Balaban J connectivity index is 1.98. The monoisotopic (exact) mass is 243 g/mol. The summed E-state index contributed by atoms with van der Waals surface area (Å²) in [5, 5.41) is 10.4. The molecule has 4 nitrogen and oxygen atoms in total. The molecule has 1 aromatic carbocycles. The molecule has 4 heteroatoms. The van der Waals surface area contributed by atoms with Crippen LogP contribution in [0.4, 0.5) is 5.82 Å². The topological polar surface area (TPSA) is 49.2 Å². The van der Waals surface area contributed by atoms with Gasteiger partial charge in [0.2, 0.25) is 0 Å². The lowest BCUT2D eigenvalue weighted by Crippen LogP contribution is -2.37. The van der Waals surface area contributed by atoms with Crippen molar-refractivity contribution in [3.8, 4) is 0 Å². The average Bonchev–Trinajstić information content (AvgIpc) is 2.47. The third kappa shape index (κ3) is 2.04. The van der Waals surface area contributed by atoms with Gasteiger partial charge < -0.3 is 10.0 Å². The minimum atomic E-state index is 0.263. The molecule has 1 N–H and O–H groups in total. The van der Waals surface area contributed by atoms with E-state index < -0.39 is 0 Å². The number of hydrogen-bond acceptors (Lipinski definition) is 4. The second-order valence-electron chi connectivity index (χ2n) is 4.85. The van der Waals surface area contributed by atoms with Crippen molar-refractivity contribution in [2.45, 2.75) is 12.8 Å². The van der Waals surface area contributed by atoms with Crippen LogP contribution < -0.4 is 4.90 Å². The van der Waals surface area contributed by atoms with Crippen LogP contribution in [0, 0.1) is 5.92 Å². The molecule has 1 saturated heterocycles. The van der Waals surface area contributed by atoms with Gasteiger partial charge in [0.15, 0.2) is 0 Å². The molecule has 1 aliphatic rings. The zero-order valence-corrected chi connectivity index (χ0v) is 10.3. The Kier molecular flexibility index (Phi) is 3.11. The molecule has 1 unspecified atom stereocenters. The van der Waals surface area contributed by atoms with Crippen molar-refractivity contribution in [2.75, 3.05) is 24.6 Å². The van der Waals surface area contributed by atoms with E-state index in [1.165, 1.54) is 0 Å². The molecule has 0 saturated carbocycles. The minimum absolute atomic E-state index is 0.263. The van der Waals surface area contributed by atoms with Gasteiger partial charge in [0.25, 0.3) is 0 Å². The molecular weight excluding hydrogens is 226 g/mol. The highest BCUT2D eigenvalue weighted by molar-refractivity contribution is 5.89. The van der Waals surface area contributed by atoms with Crippen molar-refractivity contribution < 1.29 is 5.11 Å². The maximum absolute atomic E-state index is 9.31. The molecule has 1 fully saturated rings. The summed E-state index contributed by atoms with van der Waals surface area (Å²) in [6, 6.07) is 8.08. The van der Waals surface area contributed by atoms with Crippen LogP contribution in [0.15, 0.2) is 30.6 Å². The zero-order chi connectivity index (χ0) is 12.4. The molecule has 94 valence electrons. The van der Waals surface area contributed by atoms with E-state index in [0.29, 0.717) is 5.92 Å². The maximum Gasteiger partial charge on any atom is 0.139 e. The predicted molar refractivity (Wildman–Crippen MR) is 71.6 cm³/mol. The lowest BCUT2D eigenvalue weighted by molar-refractivity contribution is 0.208. The summed E-state index contributed by atoms with van der Waals surface area (Å²) in [5.41, 5.74) is 0.980. The highest BCUT2D eigenvalue weighted by Crippen LogP contribution is 2.26. The molecule has 0 amide bonds. The van der Waals surface area contributed by atoms with Gasteiger partial charge in [-0.05, 0) is 30.9 Å². The lowest BCUT2D eigenvalue weighted by Gasteiger charge is -2.33. The van der Waals surface area contributed by atoms with Crippen LogP contribution in [0.3, 0.4) is 0 Å². The van der Waals surface area contributed by atoms with Gasteiger partial charge in [-0.15, -0.1) is 0 Å². The van der Waals surface area contributed by atoms with E-state index in [9.17, 15) is 5.11 Å². The molecule has 0 spiro atoms. The zero-order valence-electron chi connectivity index (χ0n) is 10.3. The fraction of sp³-hybridized carbons (Fsp3) is 0.429. The summed E-state index contributed by atoms with van der Waals surface area (Å²) in [7, 11) is 0. The second-order valence-corrected chi connectivity index (χ2v) is 4.85. The Bertz CT molecular complexity index is 538. The lowest BCUT2D eigenvalue weighted by atomic mass is 9.99. The summed E-state index contributed by atoms with van der Waals surface area (Å²) in [4.78, 5) is 11.0. The number of hydrogen-bond donors (Lipinski definition) is 1. The molecular formula is C14H17N3O. The molecule has 1 aliphatic heterocycles. The first-order valence-electron chi connectivity index (χ1n) is 6.44. The summed E-state index contributed by atoms with van der Waals surface area (Å²) in [6.45, 7) is 2.16. The van der Waals surface area contributed by atoms with Gasteiger partial charge >= 0.3 is 0 Å². The quantitative estimate of drug-likeness (QED) is 0.874. The number of anilines is 1. The average molecular weight is 243 g/mol. The number of aliphatic hydroxyl groups excluding tert-OH is 1. The summed E-state index contributed by atoms with van der Waals surface area (Å²) in [5.74, 6) is 1.37. The first kappa shape index (κ1) is 11.4. The van der Waals surface area contributed by atoms with Gasteiger partial charge in [-0.1, -0.05) is 12.1 Å². The second kappa shape index (κ2) is 4.90. The van der Waals surface area contributed by atoms with E-state index >= 15 is 0 Å². The van der Waals surface area contributed by atoms with Crippen molar-refractivity contribution in [1.29, 1.82) is 0 Å². The van der Waals surface area contributed by atoms with Gasteiger partial charge in [-0.25, -0.2) is 9.97 Å². The maximum atomic E-state index is 9.31. The van der Waals surface area contributed by atoms with E-state index in [-0.39, 0.29) is 6.61 Å². The van der Waals surface area contributed by atoms with Crippen molar-refractivity contribution in [3.63, 3.8) is 0 Å². The van der Waals surface area contributed by atoms with Crippen LogP contribution in [0.2, 0.25) is 0 Å². The van der Waals surface area contributed by atoms with Crippen molar-refractivity contribution >= 4 is 16.7 Å². The normalized spacial score (nSPS) is 20.3. The number of aliphatic hydroxyl groups is 1. The fourth-order valence-electron chi connectivity index (χ4n) is 2.65. The number of aromatic nitrogens is 2. The predicted octanol–water partition coefficient (Wildman–Crippen LogP) is 1.84. The Labute approximate surface area is 106 Å². The summed E-state index contributed by atoms with van der Waals surface area (Å²) < 4.78 is 0. The van der Waals surface area contributed by atoms with Crippen LogP contribution in [0.1, 0.15) is 12.8 Å².